The molecule has 2 rings (SSSR count). The van der Waals surface area contributed by atoms with Gasteiger partial charge in [0.05, 0.1) is 0 Å². The molecule has 2 unspecified atom stereocenters. The molecule has 8 heteroatoms. The van der Waals surface area contributed by atoms with E-state index in [1.807, 2.05) is 0 Å². The molecule has 2 N–H and O–H groups in total. The molecular formula is C14H22N4O4. The molecule has 0 radical (unpaired) electrons. The Kier molecular flexibility index (Phi) is 5.48. The van der Waals surface area contributed by atoms with Crippen molar-refractivity contribution in [2.75, 3.05) is 6.61 Å². The minimum atomic E-state index is -0.544. The van der Waals surface area contributed by atoms with Gasteiger partial charge in [0.2, 0.25) is 11.7 Å². The number of nitrogens with one attached hydrogen (secondary N) is 1. The van der Waals surface area contributed by atoms with E-state index in [1.54, 1.807) is 11.5 Å². The largest absolute Gasteiger partial charge is 0.396 e. The van der Waals surface area contributed by atoms with Crippen molar-refractivity contribution in [2.45, 2.75) is 51.6 Å². The SMILES string of the molecule is Cc1nc([N+](=O)[O-])cn1CCC(=O)NC1CCCCC1CO. The summed E-state index contributed by atoms with van der Waals surface area (Å²) in [4.78, 5) is 26.0. The average Bonchev–Trinajstić information content (AvgIpc) is 2.87. The Bertz CT molecular complexity index is 543. The first-order valence-corrected chi connectivity index (χ1v) is 7.59. The lowest BCUT2D eigenvalue weighted by Crippen LogP contribution is -2.43. The molecule has 1 saturated carbocycles. The lowest BCUT2D eigenvalue weighted by atomic mass is 9.85. The summed E-state index contributed by atoms with van der Waals surface area (Å²) in [6.45, 7) is 2.13. The van der Waals surface area contributed by atoms with Crippen molar-refractivity contribution in [1.82, 2.24) is 14.9 Å². The highest BCUT2D eigenvalue weighted by Gasteiger charge is 2.25. The highest BCUT2D eigenvalue weighted by atomic mass is 16.6. The van der Waals surface area contributed by atoms with E-state index in [1.165, 1.54) is 6.20 Å². The second-order valence-electron chi connectivity index (χ2n) is 5.75. The van der Waals surface area contributed by atoms with Crippen LogP contribution in [0, 0.1) is 23.0 Å². The lowest BCUT2D eigenvalue weighted by Gasteiger charge is -2.30. The standard InChI is InChI=1S/C14H22N4O4/c1-10-15-13(18(21)22)8-17(10)7-6-14(20)16-12-5-3-2-4-11(12)9-19/h8,11-12,19H,2-7,9H2,1H3,(H,16,20). The van der Waals surface area contributed by atoms with E-state index in [0.717, 1.165) is 25.7 Å². The molecule has 122 valence electrons. The molecule has 1 aliphatic carbocycles. The third-order valence-corrected chi connectivity index (χ3v) is 4.22. The van der Waals surface area contributed by atoms with Crippen molar-refractivity contribution in [3.8, 4) is 0 Å². The summed E-state index contributed by atoms with van der Waals surface area (Å²) >= 11 is 0. The van der Waals surface area contributed by atoms with Gasteiger partial charge < -0.3 is 25.1 Å². The zero-order valence-corrected chi connectivity index (χ0v) is 12.7. The average molecular weight is 310 g/mol. The third kappa shape index (κ3) is 4.03. The molecule has 0 bridgehead atoms. The van der Waals surface area contributed by atoms with Gasteiger partial charge in [0, 0.05) is 38.5 Å². The molecular weight excluding hydrogens is 288 g/mol. The summed E-state index contributed by atoms with van der Waals surface area (Å²) < 4.78 is 1.61. The van der Waals surface area contributed by atoms with Crippen LogP contribution >= 0.6 is 0 Å². The van der Waals surface area contributed by atoms with Crippen LogP contribution in [-0.4, -0.2) is 38.1 Å². The molecule has 1 aliphatic rings. The van der Waals surface area contributed by atoms with Crippen molar-refractivity contribution in [2.24, 2.45) is 5.92 Å². The number of carbonyl (C=O) groups is 1. The monoisotopic (exact) mass is 310 g/mol. The van der Waals surface area contributed by atoms with Crippen molar-refractivity contribution >= 4 is 11.7 Å². The predicted molar refractivity (Wildman–Crippen MR) is 79.2 cm³/mol. The molecule has 0 saturated heterocycles. The first-order chi connectivity index (χ1) is 10.5. The van der Waals surface area contributed by atoms with E-state index < -0.39 is 4.92 Å². The van der Waals surface area contributed by atoms with Crippen LogP contribution in [0.15, 0.2) is 6.20 Å². The van der Waals surface area contributed by atoms with Crippen LogP contribution in [0.2, 0.25) is 0 Å². The van der Waals surface area contributed by atoms with Gasteiger partial charge in [-0.1, -0.05) is 12.8 Å². The van der Waals surface area contributed by atoms with Crippen LogP contribution in [0.3, 0.4) is 0 Å². The first kappa shape index (κ1) is 16.4. The molecule has 1 aromatic rings. The molecule has 1 amide bonds. The molecule has 0 aliphatic heterocycles. The van der Waals surface area contributed by atoms with Gasteiger partial charge in [0.15, 0.2) is 0 Å². The first-order valence-electron chi connectivity index (χ1n) is 7.59. The summed E-state index contributed by atoms with van der Waals surface area (Å²) in [5.74, 6) is 0.353. The van der Waals surface area contributed by atoms with Crippen LogP contribution < -0.4 is 5.32 Å². The Morgan fingerprint density at radius 2 is 2.27 bits per heavy atom. The number of rotatable bonds is 6. The van der Waals surface area contributed by atoms with Crippen LogP contribution in [0.5, 0.6) is 0 Å². The van der Waals surface area contributed by atoms with Crippen molar-refractivity contribution in [3.63, 3.8) is 0 Å². The number of aliphatic hydroxyl groups is 1. The fourth-order valence-electron chi connectivity index (χ4n) is 2.92. The number of aliphatic hydroxyl groups excluding tert-OH is 1. The van der Waals surface area contributed by atoms with E-state index in [9.17, 15) is 20.0 Å². The van der Waals surface area contributed by atoms with E-state index in [0.29, 0.717) is 12.4 Å². The Morgan fingerprint density at radius 1 is 1.55 bits per heavy atom. The molecule has 2 atom stereocenters. The molecule has 8 nitrogen and oxygen atoms in total. The number of nitro groups is 1. The maximum Gasteiger partial charge on any atom is 0.381 e. The second kappa shape index (κ2) is 7.35. The number of hydrogen-bond acceptors (Lipinski definition) is 5. The summed E-state index contributed by atoms with van der Waals surface area (Å²) in [5.41, 5.74) is 0. The normalized spacial score (nSPS) is 21.5. The number of aromatic nitrogens is 2. The minimum Gasteiger partial charge on any atom is -0.396 e. The fraction of sp³-hybridized carbons (Fsp3) is 0.714. The van der Waals surface area contributed by atoms with E-state index in [4.69, 9.17) is 0 Å². The number of nitrogens with zero attached hydrogens (tertiary/aromatic N) is 3. The summed E-state index contributed by atoms with van der Waals surface area (Å²) in [6.07, 6.45) is 5.58. The zero-order chi connectivity index (χ0) is 16.1. The quantitative estimate of drug-likeness (QED) is 0.605. The summed E-state index contributed by atoms with van der Waals surface area (Å²) in [5, 5.41) is 23.0. The van der Waals surface area contributed by atoms with Crippen LogP contribution in [0.4, 0.5) is 5.82 Å². The maximum atomic E-state index is 12.0. The van der Waals surface area contributed by atoms with E-state index in [-0.39, 0.29) is 36.7 Å². The molecule has 0 aromatic carbocycles. The van der Waals surface area contributed by atoms with Crippen molar-refractivity contribution in [3.05, 3.63) is 22.1 Å². The van der Waals surface area contributed by atoms with Crippen LogP contribution in [0.25, 0.3) is 0 Å². The number of aryl methyl sites for hydroxylation is 2. The Hall–Kier alpha value is -1.96. The smallest absolute Gasteiger partial charge is 0.381 e. The van der Waals surface area contributed by atoms with Gasteiger partial charge >= 0.3 is 5.82 Å². The molecule has 0 spiro atoms. The Morgan fingerprint density at radius 3 is 2.91 bits per heavy atom. The topological polar surface area (TPSA) is 110 Å². The van der Waals surface area contributed by atoms with Gasteiger partial charge in [-0.25, -0.2) is 0 Å². The molecule has 1 aromatic heterocycles. The molecule has 1 heterocycles. The van der Waals surface area contributed by atoms with Crippen LogP contribution in [-0.2, 0) is 11.3 Å². The Balaban J connectivity index is 1.86. The van der Waals surface area contributed by atoms with Gasteiger partial charge in [-0.05, 0) is 22.7 Å². The van der Waals surface area contributed by atoms with Gasteiger partial charge in [0.25, 0.3) is 0 Å². The zero-order valence-electron chi connectivity index (χ0n) is 12.7. The van der Waals surface area contributed by atoms with Crippen LogP contribution in [0.1, 0.15) is 37.9 Å². The third-order valence-electron chi connectivity index (χ3n) is 4.22. The highest BCUT2D eigenvalue weighted by molar-refractivity contribution is 5.76. The minimum absolute atomic E-state index is 0.0319. The highest BCUT2D eigenvalue weighted by Crippen LogP contribution is 2.24. The van der Waals surface area contributed by atoms with Crippen molar-refractivity contribution in [1.29, 1.82) is 0 Å². The summed E-state index contributed by atoms with van der Waals surface area (Å²) in [6, 6.07) is 0.0319. The van der Waals surface area contributed by atoms with E-state index in [2.05, 4.69) is 10.3 Å². The number of carbonyl (C=O) groups excluding carboxylic acids is 1. The number of imidazole rings is 1. The predicted octanol–water partition coefficient (Wildman–Crippen LogP) is 1.16. The number of hydrogen-bond donors (Lipinski definition) is 2. The van der Waals surface area contributed by atoms with Gasteiger partial charge in [-0.2, -0.15) is 0 Å². The van der Waals surface area contributed by atoms with Gasteiger partial charge in [-0.15, -0.1) is 0 Å². The second-order valence-corrected chi connectivity index (χ2v) is 5.75. The fourth-order valence-corrected chi connectivity index (χ4v) is 2.92. The summed E-state index contributed by atoms with van der Waals surface area (Å²) in [7, 11) is 0. The maximum absolute atomic E-state index is 12.0. The van der Waals surface area contributed by atoms with Gasteiger partial charge in [0.1, 0.15) is 6.20 Å². The van der Waals surface area contributed by atoms with Gasteiger partial charge in [-0.3, -0.25) is 4.79 Å². The Labute approximate surface area is 128 Å². The number of amides is 1. The molecule has 22 heavy (non-hydrogen) atoms. The van der Waals surface area contributed by atoms with Crippen molar-refractivity contribution < 1.29 is 14.8 Å². The molecule has 1 fully saturated rings. The van der Waals surface area contributed by atoms with E-state index >= 15 is 0 Å². The lowest BCUT2D eigenvalue weighted by molar-refractivity contribution is -0.389.